The molecule has 0 unspecified atom stereocenters. The highest BCUT2D eigenvalue weighted by Crippen LogP contribution is 2.21. The molecule has 0 radical (unpaired) electrons. The van der Waals surface area contributed by atoms with Gasteiger partial charge in [-0.05, 0) is 35.9 Å². The number of urea groups is 1. The van der Waals surface area contributed by atoms with Crippen molar-refractivity contribution in [3.05, 3.63) is 78.1 Å². The molecule has 3 aromatic rings. The number of carbonyl (C=O) groups excluding carboxylic acids is 2. The monoisotopic (exact) mass is 380 g/mol. The number of hydrogen-bond acceptors (Lipinski definition) is 4. The van der Waals surface area contributed by atoms with Crippen LogP contribution in [0.4, 0.5) is 20.7 Å². The number of nitrogens with one attached hydrogen (secondary N) is 1. The number of benzene rings is 1. The highest BCUT2D eigenvalue weighted by Gasteiger charge is 2.30. The molecule has 3 amide bonds. The molecule has 3 heterocycles. The maximum atomic E-state index is 13.0. The molecule has 0 aliphatic carbocycles. The lowest BCUT2D eigenvalue weighted by Gasteiger charge is -2.18. The Morgan fingerprint density at radius 1 is 1.14 bits per heavy atom. The molecule has 0 spiro atoms. The number of rotatable bonds is 5. The number of pyridine rings is 1. The highest BCUT2D eigenvalue weighted by atomic mass is 19.1. The van der Waals surface area contributed by atoms with Crippen LogP contribution in [0.5, 0.6) is 0 Å². The fourth-order valence-corrected chi connectivity index (χ4v) is 2.97. The minimum Gasteiger partial charge on any atom is -0.472 e. The van der Waals surface area contributed by atoms with Gasteiger partial charge in [0.25, 0.3) is 5.91 Å². The van der Waals surface area contributed by atoms with Crippen molar-refractivity contribution in [3.8, 4) is 0 Å². The number of furan rings is 1. The zero-order valence-corrected chi connectivity index (χ0v) is 14.8. The van der Waals surface area contributed by atoms with Gasteiger partial charge in [-0.25, -0.2) is 14.2 Å². The summed E-state index contributed by atoms with van der Waals surface area (Å²) in [6.45, 7) is 1.47. The Bertz CT molecular complexity index is 972. The first-order chi connectivity index (χ1) is 13.6. The first kappa shape index (κ1) is 17.7. The zero-order chi connectivity index (χ0) is 19.5. The van der Waals surface area contributed by atoms with Crippen LogP contribution in [-0.2, 0) is 6.54 Å². The van der Waals surface area contributed by atoms with Crippen molar-refractivity contribution in [3.63, 3.8) is 0 Å². The van der Waals surface area contributed by atoms with Crippen LogP contribution in [0.3, 0.4) is 0 Å². The van der Waals surface area contributed by atoms with E-state index in [1.54, 1.807) is 40.1 Å². The van der Waals surface area contributed by atoms with E-state index >= 15 is 0 Å². The summed E-state index contributed by atoms with van der Waals surface area (Å²) in [5.74, 6) is -0.0961. The molecule has 4 rings (SSSR count). The van der Waals surface area contributed by atoms with Gasteiger partial charge in [-0.3, -0.25) is 9.69 Å². The highest BCUT2D eigenvalue weighted by molar-refractivity contribution is 6.04. The van der Waals surface area contributed by atoms with Crippen LogP contribution in [-0.4, -0.2) is 34.9 Å². The van der Waals surface area contributed by atoms with Gasteiger partial charge < -0.3 is 14.6 Å². The predicted molar refractivity (Wildman–Crippen MR) is 100 cm³/mol. The molecule has 8 heteroatoms. The van der Waals surface area contributed by atoms with Gasteiger partial charge >= 0.3 is 6.03 Å². The summed E-state index contributed by atoms with van der Waals surface area (Å²) < 4.78 is 17.9. The topological polar surface area (TPSA) is 78.7 Å². The standard InChI is InChI=1S/C20H17FN4O3/c21-16-3-1-14(2-4-16)12-24-8-9-25(20(24)27)18-6-5-17(11-22-18)23-19(26)15-7-10-28-13-15/h1-7,10-11,13H,8-9,12H2,(H,23,26). The van der Waals surface area contributed by atoms with Gasteiger partial charge in [0.2, 0.25) is 0 Å². The Kier molecular flexibility index (Phi) is 4.76. The van der Waals surface area contributed by atoms with Crippen LogP contribution in [0.25, 0.3) is 0 Å². The summed E-state index contributed by atoms with van der Waals surface area (Å²) in [5, 5.41) is 2.71. The van der Waals surface area contributed by atoms with Gasteiger partial charge in [0.05, 0.1) is 23.7 Å². The zero-order valence-electron chi connectivity index (χ0n) is 14.8. The second-order valence-corrected chi connectivity index (χ2v) is 6.35. The van der Waals surface area contributed by atoms with Crippen LogP contribution in [0.1, 0.15) is 15.9 Å². The minimum absolute atomic E-state index is 0.160. The molecular formula is C20H17FN4O3. The normalized spacial score (nSPS) is 13.8. The van der Waals surface area contributed by atoms with Crippen molar-refractivity contribution in [2.75, 3.05) is 23.3 Å². The van der Waals surface area contributed by atoms with Gasteiger partial charge in [0, 0.05) is 19.6 Å². The predicted octanol–water partition coefficient (Wildman–Crippen LogP) is 3.51. The summed E-state index contributed by atoms with van der Waals surface area (Å²) in [7, 11) is 0. The lowest BCUT2D eigenvalue weighted by molar-refractivity contribution is 0.102. The number of anilines is 2. The van der Waals surface area contributed by atoms with Crippen LogP contribution in [0.2, 0.25) is 0 Å². The molecule has 2 aromatic heterocycles. The summed E-state index contributed by atoms with van der Waals surface area (Å²) in [5.41, 5.74) is 1.79. The maximum absolute atomic E-state index is 13.0. The van der Waals surface area contributed by atoms with Crippen LogP contribution in [0.15, 0.2) is 65.6 Å². The van der Waals surface area contributed by atoms with E-state index < -0.39 is 0 Å². The van der Waals surface area contributed by atoms with E-state index in [1.165, 1.54) is 30.9 Å². The van der Waals surface area contributed by atoms with Crippen molar-refractivity contribution in [2.45, 2.75) is 6.54 Å². The van der Waals surface area contributed by atoms with Crippen molar-refractivity contribution in [2.24, 2.45) is 0 Å². The third-order valence-electron chi connectivity index (χ3n) is 4.45. The lowest BCUT2D eigenvalue weighted by atomic mass is 10.2. The molecule has 7 nitrogen and oxygen atoms in total. The number of aromatic nitrogens is 1. The van der Waals surface area contributed by atoms with Gasteiger partial charge in [-0.15, -0.1) is 0 Å². The fraction of sp³-hybridized carbons (Fsp3) is 0.150. The smallest absolute Gasteiger partial charge is 0.326 e. The fourth-order valence-electron chi connectivity index (χ4n) is 2.97. The van der Waals surface area contributed by atoms with Crippen LogP contribution in [0, 0.1) is 5.82 Å². The Labute approximate surface area is 160 Å². The second kappa shape index (κ2) is 7.51. The third-order valence-corrected chi connectivity index (χ3v) is 4.45. The van der Waals surface area contributed by atoms with E-state index in [4.69, 9.17) is 4.42 Å². The Balaban J connectivity index is 1.39. The average Bonchev–Trinajstić information content (AvgIpc) is 3.35. The minimum atomic E-state index is -0.303. The van der Waals surface area contributed by atoms with Crippen molar-refractivity contribution in [1.29, 1.82) is 0 Å². The Hall–Kier alpha value is -3.68. The summed E-state index contributed by atoms with van der Waals surface area (Å²) in [4.78, 5) is 32.2. The van der Waals surface area contributed by atoms with Gasteiger partial charge in [0.15, 0.2) is 0 Å². The second-order valence-electron chi connectivity index (χ2n) is 6.35. The molecule has 1 aliphatic rings. The largest absolute Gasteiger partial charge is 0.472 e. The number of amides is 3. The molecule has 1 fully saturated rings. The van der Waals surface area contributed by atoms with Crippen LogP contribution >= 0.6 is 0 Å². The first-order valence-electron chi connectivity index (χ1n) is 8.70. The van der Waals surface area contributed by atoms with E-state index in [9.17, 15) is 14.0 Å². The van der Waals surface area contributed by atoms with E-state index in [-0.39, 0.29) is 17.8 Å². The van der Waals surface area contributed by atoms with E-state index in [2.05, 4.69) is 10.3 Å². The summed E-state index contributed by atoms with van der Waals surface area (Å²) in [6, 6.07) is 10.9. The lowest BCUT2D eigenvalue weighted by Crippen LogP contribution is -2.31. The molecule has 28 heavy (non-hydrogen) atoms. The number of hydrogen-bond donors (Lipinski definition) is 1. The Morgan fingerprint density at radius 2 is 1.96 bits per heavy atom. The quantitative estimate of drug-likeness (QED) is 0.735. The number of carbonyl (C=O) groups is 2. The molecule has 0 saturated carbocycles. The van der Waals surface area contributed by atoms with Crippen molar-refractivity contribution in [1.82, 2.24) is 9.88 Å². The van der Waals surface area contributed by atoms with Gasteiger partial charge in [-0.1, -0.05) is 12.1 Å². The van der Waals surface area contributed by atoms with Gasteiger partial charge in [0.1, 0.15) is 17.9 Å². The number of nitrogens with zero attached hydrogens (tertiary/aromatic N) is 3. The molecular weight excluding hydrogens is 363 g/mol. The maximum Gasteiger partial charge on any atom is 0.326 e. The Morgan fingerprint density at radius 3 is 2.64 bits per heavy atom. The van der Waals surface area contributed by atoms with Gasteiger partial charge in [-0.2, -0.15) is 0 Å². The summed E-state index contributed by atoms with van der Waals surface area (Å²) in [6.07, 6.45) is 4.28. The molecule has 1 saturated heterocycles. The van der Waals surface area contributed by atoms with E-state index in [0.717, 1.165) is 5.56 Å². The molecule has 0 bridgehead atoms. The number of halogens is 1. The molecule has 142 valence electrons. The third kappa shape index (κ3) is 3.71. The van der Waals surface area contributed by atoms with Crippen molar-refractivity contribution >= 4 is 23.4 Å². The molecule has 1 aromatic carbocycles. The molecule has 1 aliphatic heterocycles. The summed E-state index contributed by atoms with van der Waals surface area (Å²) >= 11 is 0. The van der Waals surface area contributed by atoms with E-state index in [1.807, 2.05) is 0 Å². The van der Waals surface area contributed by atoms with Crippen LogP contribution < -0.4 is 10.2 Å². The SMILES string of the molecule is O=C(Nc1ccc(N2CCN(Cc3ccc(F)cc3)C2=O)nc1)c1ccoc1. The first-order valence-corrected chi connectivity index (χ1v) is 8.70. The molecule has 0 atom stereocenters. The van der Waals surface area contributed by atoms with Crippen molar-refractivity contribution < 1.29 is 18.4 Å². The molecule has 1 N–H and O–H groups in total. The average molecular weight is 380 g/mol. The van der Waals surface area contributed by atoms with E-state index in [0.29, 0.717) is 36.7 Å².